The molecule has 0 bridgehead atoms. The maximum atomic E-state index is 11.4. The summed E-state index contributed by atoms with van der Waals surface area (Å²) in [5.74, 6) is 0.218. The van der Waals surface area contributed by atoms with Crippen molar-refractivity contribution in [3.05, 3.63) is 12.2 Å². The first kappa shape index (κ1) is 11.3. The van der Waals surface area contributed by atoms with Gasteiger partial charge in [0.2, 0.25) is 5.91 Å². The van der Waals surface area contributed by atoms with Gasteiger partial charge in [-0.25, -0.2) is 0 Å². The second-order valence-corrected chi connectivity index (χ2v) is 3.99. The van der Waals surface area contributed by atoms with Gasteiger partial charge in [-0.2, -0.15) is 0 Å². The van der Waals surface area contributed by atoms with Crippen LogP contribution < -0.4 is 0 Å². The summed E-state index contributed by atoms with van der Waals surface area (Å²) < 4.78 is 0. The Labute approximate surface area is 87.0 Å². The molecule has 2 nitrogen and oxygen atoms in total. The molecule has 0 aliphatic heterocycles. The molecule has 0 aromatic carbocycles. The molecule has 0 saturated carbocycles. The van der Waals surface area contributed by atoms with Crippen molar-refractivity contribution in [3.63, 3.8) is 0 Å². The topological polar surface area (TPSA) is 20.3 Å². The number of hydrogen-bond donors (Lipinski definition) is 0. The zero-order valence-corrected chi connectivity index (χ0v) is 9.33. The van der Waals surface area contributed by atoms with Crippen molar-refractivity contribution < 1.29 is 4.79 Å². The molecule has 14 heavy (non-hydrogen) atoms. The molecular weight excluding hydrogens is 174 g/mol. The molecule has 1 rings (SSSR count). The summed E-state index contributed by atoms with van der Waals surface area (Å²) in [5, 5.41) is 0. The van der Waals surface area contributed by atoms with Crippen LogP contribution in [0.2, 0.25) is 0 Å². The van der Waals surface area contributed by atoms with E-state index in [1.54, 1.807) is 6.92 Å². The molecule has 2 heteroatoms. The van der Waals surface area contributed by atoms with Crippen LogP contribution in [-0.2, 0) is 4.79 Å². The van der Waals surface area contributed by atoms with Gasteiger partial charge in [-0.3, -0.25) is 4.79 Å². The highest BCUT2D eigenvalue weighted by atomic mass is 16.2. The number of hydrogen-bond acceptors (Lipinski definition) is 1. The SMILES string of the molecule is CCCCN(C(C)=O)[C@@H]1C=CCCC1. The van der Waals surface area contributed by atoms with E-state index >= 15 is 0 Å². The van der Waals surface area contributed by atoms with E-state index < -0.39 is 0 Å². The Hall–Kier alpha value is -0.790. The average molecular weight is 195 g/mol. The quantitative estimate of drug-likeness (QED) is 0.632. The number of allylic oxidation sites excluding steroid dienone is 1. The second kappa shape index (κ2) is 5.84. The lowest BCUT2D eigenvalue weighted by atomic mass is 10.0. The van der Waals surface area contributed by atoms with Crippen molar-refractivity contribution in [2.45, 2.75) is 52.0 Å². The molecule has 0 radical (unpaired) electrons. The number of nitrogens with zero attached hydrogens (tertiary/aromatic N) is 1. The van der Waals surface area contributed by atoms with E-state index in [4.69, 9.17) is 0 Å². The van der Waals surface area contributed by atoms with Crippen LogP contribution >= 0.6 is 0 Å². The Kier molecular flexibility index (Phi) is 4.71. The predicted octanol–water partition coefficient (Wildman–Crippen LogP) is 2.74. The Balaban J connectivity index is 2.52. The van der Waals surface area contributed by atoms with Gasteiger partial charge < -0.3 is 4.90 Å². The van der Waals surface area contributed by atoms with E-state index in [-0.39, 0.29) is 5.91 Å². The van der Waals surface area contributed by atoms with E-state index in [1.165, 1.54) is 12.8 Å². The van der Waals surface area contributed by atoms with Gasteiger partial charge in [-0.1, -0.05) is 25.5 Å². The molecular formula is C12H21NO. The van der Waals surface area contributed by atoms with E-state index in [2.05, 4.69) is 19.1 Å². The first-order valence-electron chi connectivity index (χ1n) is 5.69. The molecule has 0 N–H and O–H groups in total. The van der Waals surface area contributed by atoms with Crippen LogP contribution in [0.15, 0.2) is 12.2 Å². The van der Waals surface area contributed by atoms with Crippen LogP contribution in [0.3, 0.4) is 0 Å². The van der Waals surface area contributed by atoms with Crippen LogP contribution in [0.25, 0.3) is 0 Å². The minimum atomic E-state index is 0.218. The maximum Gasteiger partial charge on any atom is 0.219 e. The number of unbranched alkanes of at least 4 members (excludes halogenated alkanes) is 1. The van der Waals surface area contributed by atoms with E-state index in [9.17, 15) is 4.79 Å². The van der Waals surface area contributed by atoms with Crippen molar-refractivity contribution in [3.8, 4) is 0 Å². The predicted molar refractivity (Wildman–Crippen MR) is 59.1 cm³/mol. The van der Waals surface area contributed by atoms with Crippen LogP contribution in [0.4, 0.5) is 0 Å². The Morgan fingerprint density at radius 3 is 2.86 bits per heavy atom. The highest BCUT2D eigenvalue weighted by molar-refractivity contribution is 5.73. The Bertz CT molecular complexity index is 210. The summed E-state index contributed by atoms with van der Waals surface area (Å²) in [6.07, 6.45) is 10.2. The van der Waals surface area contributed by atoms with Crippen molar-refractivity contribution in [1.29, 1.82) is 0 Å². The first-order chi connectivity index (χ1) is 6.75. The van der Waals surface area contributed by atoms with Crippen LogP contribution in [0.1, 0.15) is 46.0 Å². The van der Waals surface area contributed by atoms with Gasteiger partial charge in [0, 0.05) is 19.5 Å². The molecule has 1 amide bonds. The highest BCUT2D eigenvalue weighted by Crippen LogP contribution is 2.17. The molecule has 1 aliphatic carbocycles. The summed E-state index contributed by atoms with van der Waals surface area (Å²) in [6.45, 7) is 4.76. The van der Waals surface area contributed by atoms with Crippen molar-refractivity contribution in [2.24, 2.45) is 0 Å². The fourth-order valence-corrected chi connectivity index (χ4v) is 1.94. The average Bonchev–Trinajstić information content (AvgIpc) is 2.19. The van der Waals surface area contributed by atoms with Crippen molar-refractivity contribution in [2.75, 3.05) is 6.54 Å². The lowest BCUT2D eigenvalue weighted by molar-refractivity contribution is -0.130. The minimum absolute atomic E-state index is 0.218. The van der Waals surface area contributed by atoms with Crippen molar-refractivity contribution >= 4 is 5.91 Å². The van der Waals surface area contributed by atoms with Crippen LogP contribution in [0.5, 0.6) is 0 Å². The van der Waals surface area contributed by atoms with Crippen LogP contribution in [-0.4, -0.2) is 23.4 Å². The zero-order chi connectivity index (χ0) is 10.4. The largest absolute Gasteiger partial charge is 0.337 e. The minimum Gasteiger partial charge on any atom is -0.337 e. The summed E-state index contributed by atoms with van der Waals surface area (Å²) >= 11 is 0. The lowest BCUT2D eigenvalue weighted by Gasteiger charge is -2.30. The maximum absolute atomic E-state index is 11.4. The third-order valence-corrected chi connectivity index (χ3v) is 2.79. The lowest BCUT2D eigenvalue weighted by Crippen LogP contribution is -2.39. The molecule has 0 fully saturated rings. The van der Waals surface area contributed by atoms with E-state index in [1.807, 2.05) is 4.90 Å². The Morgan fingerprint density at radius 2 is 2.36 bits per heavy atom. The number of carbonyl (C=O) groups excluding carboxylic acids is 1. The third-order valence-electron chi connectivity index (χ3n) is 2.79. The zero-order valence-electron chi connectivity index (χ0n) is 9.33. The molecule has 1 atom stereocenters. The molecule has 1 aliphatic rings. The van der Waals surface area contributed by atoms with E-state index in [0.717, 1.165) is 25.8 Å². The Morgan fingerprint density at radius 1 is 1.57 bits per heavy atom. The normalized spacial score (nSPS) is 20.9. The molecule has 0 saturated heterocycles. The standard InChI is InChI=1S/C12H21NO/c1-3-4-10-13(11(2)14)12-8-6-5-7-9-12/h6,8,12H,3-5,7,9-10H2,1-2H3/t12-/m1/s1. The molecule has 80 valence electrons. The second-order valence-electron chi connectivity index (χ2n) is 3.99. The molecule has 0 aromatic heterocycles. The summed E-state index contributed by atoms with van der Waals surface area (Å²) in [5.41, 5.74) is 0. The molecule has 0 unspecified atom stereocenters. The number of carbonyl (C=O) groups is 1. The van der Waals surface area contributed by atoms with E-state index in [0.29, 0.717) is 6.04 Å². The van der Waals surface area contributed by atoms with Gasteiger partial charge in [-0.05, 0) is 25.7 Å². The van der Waals surface area contributed by atoms with Crippen molar-refractivity contribution in [1.82, 2.24) is 4.90 Å². The number of amides is 1. The fraction of sp³-hybridized carbons (Fsp3) is 0.750. The molecule has 0 heterocycles. The fourth-order valence-electron chi connectivity index (χ4n) is 1.94. The van der Waals surface area contributed by atoms with Gasteiger partial charge in [-0.15, -0.1) is 0 Å². The monoisotopic (exact) mass is 195 g/mol. The summed E-state index contributed by atoms with van der Waals surface area (Å²) in [6, 6.07) is 0.368. The van der Waals surface area contributed by atoms with Gasteiger partial charge >= 0.3 is 0 Å². The third kappa shape index (κ3) is 3.17. The molecule has 0 spiro atoms. The van der Waals surface area contributed by atoms with Crippen LogP contribution in [0, 0.1) is 0 Å². The van der Waals surface area contributed by atoms with Gasteiger partial charge in [0.1, 0.15) is 0 Å². The molecule has 0 aromatic rings. The number of rotatable bonds is 4. The highest BCUT2D eigenvalue weighted by Gasteiger charge is 2.18. The summed E-state index contributed by atoms with van der Waals surface area (Å²) in [7, 11) is 0. The van der Waals surface area contributed by atoms with Gasteiger partial charge in [0.05, 0.1) is 0 Å². The first-order valence-corrected chi connectivity index (χ1v) is 5.69. The summed E-state index contributed by atoms with van der Waals surface area (Å²) in [4.78, 5) is 13.5. The van der Waals surface area contributed by atoms with Gasteiger partial charge in [0.25, 0.3) is 0 Å². The van der Waals surface area contributed by atoms with Gasteiger partial charge in [0.15, 0.2) is 0 Å². The smallest absolute Gasteiger partial charge is 0.219 e.